The van der Waals surface area contributed by atoms with E-state index < -0.39 is 0 Å². The zero-order valence-corrected chi connectivity index (χ0v) is 5.59. The number of nitrogens with zero attached hydrogens (tertiary/aromatic N) is 2. The standard InChI is InChI=1S/C6H9N2O/c1-5-3-6(4-9)8(2)7-5/h3H,4H2,1-2H3. The van der Waals surface area contributed by atoms with Crippen LogP contribution < -0.4 is 0 Å². The number of hydrogen-bond donors (Lipinski definition) is 0. The van der Waals surface area contributed by atoms with E-state index in [0.29, 0.717) is 0 Å². The topological polar surface area (TPSA) is 37.7 Å². The smallest absolute Gasteiger partial charge is 0.124 e. The van der Waals surface area contributed by atoms with E-state index in [1.807, 2.05) is 6.92 Å². The molecule has 0 amide bonds. The van der Waals surface area contributed by atoms with Gasteiger partial charge in [0, 0.05) is 7.05 Å². The van der Waals surface area contributed by atoms with Crippen molar-refractivity contribution < 1.29 is 5.11 Å². The Morgan fingerprint density at radius 3 is 2.67 bits per heavy atom. The largest absolute Gasteiger partial charge is 0.270 e. The Morgan fingerprint density at radius 2 is 2.44 bits per heavy atom. The molecule has 0 unspecified atom stereocenters. The maximum atomic E-state index is 10.3. The molecule has 3 heteroatoms. The predicted molar refractivity (Wildman–Crippen MR) is 32.3 cm³/mol. The lowest BCUT2D eigenvalue weighted by Crippen LogP contribution is -1.96. The molecule has 0 N–H and O–H groups in total. The minimum absolute atomic E-state index is 0.183. The molecule has 0 aromatic carbocycles. The number of aryl methyl sites for hydroxylation is 2. The van der Waals surface area contributed by atoms with E-state index in [9.17, 15) is 5.11 Å². The third kappa shape index (κ3) is 1.10. The maximum Gasteiger partial charge on any atom is 0.124 e. The molecule has 0 fully saturated rings. The van der Waals surface area contributed by atoms with Gasteiger partial charge in [-0.2, -0.15) is 5.10 Å². The molecular formula is C6H9N2O. The van der Waals surface area contributed by atoms with Crippen LogP contribution in [0.5, 0.6) is 0 Å². The average Bonchev–Trinajstić information content (AvgIpc) is 2.10. The minimum atomic E-state index is -0.183. The van der Waals surface area contributed by atoms with Crippen LogP contribution in [-0.4, -0.2) is 9.78 Å². The molecule has 0 aliphatic rings. The van der Waals surface area contributed by atoms with Crippen molar-refractivity contribution in [3.05, 3.63) is 17.5 Å². The normalized spacial score (nSPS) is 10.1. The van der Waals surface area contributed by atoms with Crippen LogP contribution in [0, 0.1) is 6.92 Å². The Kier molecular flexibility index (Phi) is 1.53. The Hall–Kier alpha value is -0.830. The zero-order valence-electron chi connectivity index (χ0n) is 5.59. The van der Waals surface area contributed by atoms with Crippen molar-refractivity contribution >= 4 is 0 Å². The summed E-state index contributed by atoms with van der Waals surface area (Å²) in [6.45, 7) is 1.69. The van der Waals surface area contributed by atoms with E-state index in [4.69, 9.17) is 0 Å². The van der Waals surface area contributed by atoms with Crippen LogP contribution in [0.4, 0.5) is 0 Å². The van der Waals surface area contributed by atoms with Crippen LogP contribution in [0.25, 0.3) is 0 Å². The van der Waals surface area contributed by atoms with Gasteiger partial charge in [0.15, 0.2) is 0 Å². The fourth-order valence-corrected chi connectivity index (χ4v) is 0.799. The van der Waals surface area contributed by atoms with Gasteiger partial charge in [-0.25, -0.2) is 5.11 Å². The van der Waals surface area contributed by atoms with Gasteiger partial charge in [-0.05, 0) is 13.0 Å². The third-order valence-corrected chi connectivity index (χ3v) is 1.25. The van der Waals surface area contributed by atoms with Crippen LogP contribution in [0.1, 0.15) is 11.4 Å². The van der Waals surface area contributed by atoms with Crippen molar-refractivity contribution in [2.24, 2.45) is 7.05 Å². The quantitative estimate of drug-likeness (QED) is 0.543. The first-order valence-electron chi connectivity index (χ1n) is 2.81. The molecule has 0 aliphatic heterocycles. The van der Waals surface area contributed by atoms with Crippen molar-refractivity contribution in [2.45, 2.75) is 13.5 Å². The van der Waals surface area contributed by atoms with Gasteiger partial charge in [0.2, 0.25) is 0 Å². The molecule has 1 radical (unpaired) electrons. The second-order valence-electron chi connectivity index (χ2n) is 2.05. The Morgan fingerprint density at radius 1 is 1.78 bits per heavy atom. The molecule has 1 aromatic rings. The van der Waals surface area contributed by atoms with Crippen molar-refractivity contribution in [3.63, 3.8) is 0 Å². The second kappa shape index (κ2) is 2.19. The van der Waals surface area contributed by atoms with Gasteiger partial charge in [0.25, 0.3) is 0 Å². The molecule has 1 heterocycles. The van der Waals surface area contributed by atoms with Gasteiger partial charge in [0.05, 0.1) is 11.4 Å². The summed E-state index contributed by atoms with van der Waals surface area (Å²) in [6.07, 6.45) is 0. The summed E-state index contributed by atoms with van der Waals surface area (Å²) in [5.41, 5.74) is 1.65. The minimum Gasteiger partial charge on any atom is -0.270 e. The molecule has 3 nitrogen and oxygen atoms in total. The van der Waals surface area contributed by atoms with E-state index in [1.165, 1.54) is 0 Å². The fourth-order valence-electron chi connectivity index (χ4n) is 0.799. The molecule has 1 rings (SSSR count). The number of hydrogen-bond acceptors (Lipinski definition) is 1. The van der Waals surface area contributed by atoms with Crippen molar-refractivity contribution in [3.8, 4) is 0 Å². The van der Waals surface area contributed by atoms with Crippen molar-refractivity contribution in [1.29, 1.82) is 0 Å². The first-order valence-corrected chi connectivity index (χ1v) is 2.81. The molecule has 0 bridgehead atoms. The lowest BCUT2D eigenvalue weighted by atomic mass is 10.4. The van der Waals surface area contributed by atoms with Gasteiger partial charge in [-0.3, -0.25) is 4.68 Å². The Labute approximate surface area is 53.9 Å². The van der Waals surface area contributed by atoms with Crippen LogP contribution in [-0.2, 0) is 18.8 Å². The monoisotopic (exact) mass is 125 g/mol. The van der Waals surface area contributed by atoms with Crippen LogP contribution in [0.3, 0.4) is 0 Å². The van der Waals surface area contributed by atoms with Gasteiger partial charge < -0.3 is 0 Å². The maximum absolute atomic E-state index is 10.3. The molecule has 49 valence electrons. The summed E-state index contributed by atoms with van der Waals surface area (Å²) in [7, 11) is 1.78. The van der Waals surface area contributed by atoms with Crippen molar-refractivity contribution in [2.75, 3.05) is 0 Å². The summed E-state index contributed by atoms with van der Waals surface area (Å²) in [4.78, 5) is 0. The van der Waals surface area contributed by atoms with Crippen LogP contribution in [0.15, 0.2) is 6.07 Å². The lowest BCUT2D eigenvalue weighted by molar-refractivity contribution is 0.170. The third-order valence-electron chi connectivity index (χ3n) is 1.25. The molecule has 9 heavy (non-hydrogen) atoms. The molecule has 0 spiro atoms. The van der Waals surface area contributed by atoms with Crippen LogP contribution in [0.2, 0.25) is 0 Å². The summed E-state index contributed by atoms with van der Waals surface area (Å²) in [6, 6.07) is 1.80. The molecular weight excluding hydrogens is 116 g/mol. The van der Waals surface area contributed by atoms with Gasteiger partial charge >= 0.3 is 0 Å². The highest BCUT2D eigenvalue weighted by Crippen LogP contribution is 1.99. The average molecular weight is 125 g/mol. The summed E-state index contributed by atoms with van der Waals surface area (Å²) in [5, 5.41) is 14.3. The highest BCUT2D eigenvalue weighted by atomic mass is 16.3. The van der Waals surface area contributed by atoms with E-state index in [0.717, 1.165) is 11.4 Å². The SMILES string of the molecule is Cc1cc(C[O])n(C)n1. The molecule has 0 atom stereocenters. The Balaban J connectivity index is 3.01. The first-order chi connectivity index (χ1) is 4.24. The first kappa shape index (κ1) is 6.29. The van der Waals surface area contributed by atoms with E-state index >= 15 is 0 Å². The van der Waals surface area contributed by atoms with Gasteiger partial charge in [-0.1, -0.05) is 0 Å². The van der Waals surface area contributed by atoms with E-state index in [-0.39, 0.29) is 6.61 Å². The van der Waals surface area contributed by atoms with Gasteiger partial charge in [-0.15, -0.1) is 0 Å². The molecule has 1 aromatic heterocycles. The number of rotatable bonds is 1. The van der Waals surface area contributed by atoms with Crippen molar-refractivity contribution in [1.82, 2.24) is 9.78 Å². The lowest BCUT2D eigenvalue weighted by Gasteiger charge is -1.90. The summed E-state index contributed by atoms with van der Waals surface area (Å²) < 4.78 is 1.61. The highest BCUT2D eigenvalue weighted by Gasteiger charge is 1.98. The van der Waals surface area contributed by atoms with Crippen LogP contribution >= 0.6 is 0 Å². The van der Waals surface area contributed by atoms with Gasteiger partial charge in [0.1, 0.15) is 6.61 Å². The summed E-state index contributed by atoms with van der Waals surface area (Å²) >= 11 is 0. The summed E-state index contributed by atoms with van der Waals surface area (Å²) in [5.74, 6) is 0. The molecule has 0 saturated heterocycles. The predicted octanol–water partition coefficient (Wildman–Crippen LogP) is 0.659. The molecule has 0 saturated carbocycles. The number of aromatic nitrogens is 2. The van der Waals surface area contributed by atoms with E-state index in [2.05, 4.69) is 5.10 Å². The second-order valence-corrected chi connectivity index (χ2v) is 2.05. The fraction of sp³-hybridized carbons (Fsp3) is 0.500. The highest BCUT2D eigenvalue weighted by molar-refractivity contribution is 5.06. The van der Waals surface area contributed by atoms with E-state index in [1.54, 1.807) is 17.8 Å². The molecule has 0 aliphatic carbocycles. The Bertz CT molecular complexity index is 205. The zero-order chi connectivity index (χ0) is 6.85.